The summed E-state index contributed by atoms with van der Waals surface area (Å²) in [6, 6.07) is 7.83. The molecule has 0 spiro atoms. The molecule has 1 saturated heterocycles. The number of anilines is 2. The van der Waals surface area contributed by atoms with Crippen LogP contribution in [-0.2, 0) is 0 Å². The summed E-state index contributed by atoms with van der Waals surface area (Å²) in [5.74, 6) is 2.01. The Bertz CT molecular complexity index is 989. The maximum Gasteiger partial charge on any atom is 0.152 e. The fourth-order valence-electron chi connectivity index (χ4n) is 3.96. The standard InChI is InChI=1S/C18H16N6O/c19-9-11-15(14-2-1-13(25-14)12-3-6-21-23-12)17-16(22-18(11)20)10-4-7-24(17)8-5-10/h1-3,6,10H,4-5,7-8H2,(H2,20,22)(H,21,23). The molecule has 1 fully saturated rings. The Morgan fingerprint density at radius 3 is 2.76 bits per heavy atom. The molecule has 124 valence electrons. The lowest BCUT2D eigenvalue weighted by Crippen LogP contribution is -2.40. The van der Waals surface area contributed by atoms with Gasteiger partial charge in [-0.2, -0.15) is 10.4 Å². The van der Waals surface area contributed by atoms with E-state index in [9.17, 15) is 5.26 Å². The van der Waals surface area contributed by atoms with Crippen LogP contribution in [0.2, 0.25) is 0 Å². The molecule has 3 aliphatic rings. The van der Waals surface area contributed by atoms with Gasteiger partial charge in [-0.05, 0) is 31.0 Å². The summed E-state index contributed by atoms with van der Waals surface area (Å²) >= 11 is 0. The molecule has 0 radical (unpaired) electrons. The third-order valence-electron chi connectivity index (χ3n) is 5.15. The van der Waals surface area contributed by atoms with Crippen LogP contribution >= 0.6 is 0 Å². The molecule has 7 heteroatoms. The molecule has 0 aromatic carbocycles. The molecule has 2 bridgehead atoms. The predicted octanol–water partition coefficient (Wildman–Crippen LogP) is 2.88. The van der Waals surface area contributed by atoms with Crippen molar-refractivity contribution in [2.75, 3.05) is 23.7 Å². The predicted molar refractivity (Wildman–Crippen MR) is 92.8 cm³/mol. The third-order valence-corrected chi connectivity index (χ3v) is 5.15. The van der Waals surface area contributed by atoms with Crippen LogP contribution in [0.25, 0.3) is 22.8 Å². The molecular weight excluding hydrogens is 316 g/mol. The van der Waals surface area contributed by atoms with Gasteiger partial charge in [0, 0.05) is 25.2 Å². The van der Waals surface area contributed by atoms with Crippen LogP contribution in [-0.4, -0.2) is 28.3 Å². The number of nitrogens with two attached hydrogens (primary N) is 1. The maximum atomic E-state index is 9.68. The van der Waals surface area contributed by atoms with Gasteiger partial charge < -0.3 is 15.1 Å². The lowest BCUT2D eigenvalue weighted by Gasteiger charge is -2.42. The Kier molecular flexibility index (Phi) is 2.88. The number of aromatic nitrogens is 3. The highest BCUT2D eigenvalue weighted by Crippen LogP contribution is 2.48. The number of fused-ring (bicyclic) bond motifs is 2. The van der Waals surface area contributed by atoms with Crippen LogP contribution in [0.4, 0.5) is 11.5 Å². The second kappa shape index (κ2) is 5.11. The fourth-order valence-corrected chi connectivity index (χ4v) is 3.96. The summed E-state index contributed by atoms with van der Waals surface area (Å²) in [4.78, 5) is 6.87. The van der Waals surface area contributed by atoms with Crippen molar-refractivity contribution in [3.63, 3.8) is 0 Å². The van der Waals surface area contributed by atoms with Gasteiger partial charge in [0.2, 0.25) is 0 Å². The number of nitrogens with one attached hydrogen (secondary N) is 1. The zero-order chi connectivity index (χ0) is 17.0. The Morgan fingerprint density at radius 2 is 2.04 bits per heavy atom. The van der Waals surface area contributed by atoms with Gasteiger partial charge >= 0.3 is 0 Å². The molecule has 0 aliphatic carbocycles. The van der Waals surface area contributed by atoms with Gasteiger partial charge in [-0.3, -0.25) is 5.10 Å². The number of nitriles is 1. The van der Waals surface area contributed by atoms with Crippen molar-refractivity contribution in [1.82, 2.24) is 15.2 Å². The van der Waals surface area contributed by atoms with E-state index in [2.05, 4.69) is 26.2 Å². The highest BCUT2D eigenvalue weighted by molar-refractivity contribution is 5.87. The molecule has 0 amide bonds. The average Bonchev–Trinajstić information content (AvgIpc) is 3.33. The summed E-state index contributed by atoms with van der Waals surface area (Å²) in [5, 5.41) is 16.5. The SMILES string of the molecule is N#Cc1c(N)nc2c(c1-c1ccc(-c3ccn[nH]3)o1)N1CCC2CC1. The Balaban J connectivity index is 1.75. The first-order chi connectivity index (χ1) is 12.3. The summed E-state index contributed by atoms with van der Waals surface area (Å²) in [7, 11) is 0. The summed E-state index contributed by atoms with van der Waals surface area (Å²) in [6.07, 6.45) is 3.85. The number of hydrogen-bond donors (Lipinski definition) is 2. The molecular formula is C18H16N6O. The van der Waals surface area contributed by atoms with Crippen LogP contribution in [0.15, 0.2) is 28.8 Å². The highest BCUT2D eigenvalue weighted by Gasteiger charge is 2.37. The topological polar surface area (TPSA) is 108 Å². The number of H-pyrrole nitrogens is 1. The van der Waals surface area contributed by atoms with E-state index in [0.717, 1.165) is 48.6 Å². The van der Waals surface area contributed by atoms with Crippen molar-refractivity contribution in [3.8, 4) is 28.8 Å². The average molecular weight is 332 g/mol. The van der Waals surface area contributed by atoms with Gasteiger partial charge in [-0.1, -0.05) is 0 Å². The molecule has 6 heterocycles. The van der Waals surface area contributed by atoms with Crippen LogP contribution in [0.1, 0.15) is 30.0 Å². The monoisotopic (exact) mass is 332 g/mol. The van der Waals surface area contributed by atoms with E-state index in [0.29, 0.717) is 23.0 Å². The van der Waals surface area contributed by atoms with Crippen molar-refractivity contribution in [1.29, 1.82) is 5.26 Å². The molecule has 0 atom stereocenters. The number of aromatic amines is 1. The smallest absolute Gasteiger partial charge is 0.152 e. The van der Waals surface area contributed by atoms with Crippen LogP contribution in [0.3, 0.4) is 0 Å². The number of hydrogen-bond acceptors (Lipinski definition) is 6. The Labute approximate surface area is 144 Å². The first-order valence-electron chi connectivity index (χ1n) is 8.34. The van der Waals surface area contributed by atoms with E-state index in [-0.39, 0.29) is 5.82 Å². The Hall–Kier alpha value is -3.27. The molecule has 25 heavy (non-hydrogen) atoms. The van der Waals surface area contributed by atoms with Crippen molar-refractivity contribution in [2.24, 2.45) is 0 Å². The highest BCUT2D eigenvalue weighted by atomic mass is 16.3. The minimum Gasteiger partial charge on any atom is -0.454 e. The summed E-state index contributed by atoms with van der Waals surface area (Å²) in [5.41, 5.74) is 10.1. The fraction of sp³-hybridized carbons (Fsp3) is 0.278. The first kappa shape index (κ1) is 14.1. The van der Waals surface area contributed by atoms with E-state index in [1.165, 1.54) is 0 Å². The van der Waals surface area contributed by atoms with E-state index < -0.39 is 0 Å². The van der Waals surface area contributed by atoms with Gasteiger partial charge in [0.15, 0.2) is 5.76 Å². The largest absolute Gasteiger partial charge is 0.454 e. The first-order valence-corrected chi connectivity index (χ1v) is 8.34. The number of nitrogen functional groups attached to an aromatic ring is 1. The van der Waals surface area contributed by atoms with E-state index >= 15 is 0 Å². The second-order valence-corrected chi connectivity index (χ2v) is 6.49. The number of furan rings is 1. The zero-order valence-electron chi connectivity index (χ0n) is 13.5. The zero-order valence-corrected chi connectivity index (χ0v) is 13.5. The van der Waals surface area contributed by atoms with Crippen LogP contribution in [0, 0.1) is 11.3 Å². The maximum absolute atomic E-state index is 9.68. The normalized spacial score (nSPS) is 16.0. The summed E-state index contributed by atoms with van der Waals surface area (Å²) in [6.45, 7) is 1.96. The number of rotatable bonds is 2. The molecule has 3 aliphatic heterocycles. The number of piperidine rings is 1. The van der Waals surface area contributed by atoms with Gasteiger partial charge in [0.25, 0.3) is 0 Å². The second-order valence-electron chi connectivity index (χ2n) is 6.49. The lowest BCUT2D eigenvalue weighted by atomic mass is 9.84. The Morgan fingerprint density at radius 1 is 1.24 bits per heavy atom. The van der Waals surface area contributed by atoms with E-state index in [1.54, 1.807) is 6.20 Å². The quantitative estimate of drug-likeness (QED) is 0.747. The van der Waals surface area contributed by atoms with Crippen LogP contribution in [0.5, 0.6) is 0 Å². The van der Waals surface area contributed by atoms with Crippen molar-refractivity contribution < 1.29 is 4.42 Å². The van der Waals surface area contributed by atoms with Gasteiger partial charge in [-0.15, -0.1) is 0 Å². The molecule has 0 unspecified atom stereocenters. The molecule has 3 N–H and O–H groups in total. The molecule has 6 rings (SSSR count). The van der Waals surface area contributed by atoms with Gasteiger partial charge in [0.05, 0.1) is 16.9 Å². The number of nitrogens with zero attached hydrogens (tertiary/aromatic N) is 4. The van der Waals surface area contributed by atoms with E-state index in [4.69, 9.17) is 10.2 Å². The summed E-state index contributed by atoms with van der Waals surface area (Å²) < 4.78 is 6.05. The van der Waals surface area contributed by atoms with Gasteiger partial charge in [0.1, 0.15) is 28.9 Å². The minimum atomic E-state index is 0.282. The minimum absolute atomic E-state index is 0.282. The van der Waals surface area contributed by atoms with Crippen molar-refractivity contribution in [3.05, 3.63) is 35.7 Å². The lowest BCUT2D eigenvalue weighted by molar-refractivity contribution is 0.464. The number of pyridine rings is 1. The van der Waals surface area contributed by atoms with Crippen molar-refractivity contribution >= 4 is 11.5 Å². The van der Waals surface area contributed by atoms with Crippen LogP contribution < -0.4 is 10.6 Å². The van der Waals surface area contributed by atoms with Crippen molar-refractivity contribution in [2.45, 2.75) is 18.8 Å². The molecule has 3 aromatic heterocycles. The molecule has 0 saturated carbocycles. The molecule has 7 nitrogen and oxygen atoms in total. The third kappa shape index (κ3) is 1.97. The van der Waals surface area contributed by atoms with E-state index in [1.807, 2.05) is 18.2 Å². The van der Waals surface area contributed by atoms with Gasteiger partial charge in [-0.25, -0.2) is 4.98 Å². The molecule has 3 aromatic rings.